The molecule has 0 saturated carbocycles. The van der Waals surface area contributed by atoms with E-state index in [0.29, 0.717) is 0 Å². The Kier molecular flexibility index (Phi) is 1.39. The highest BCUT2D eigenvalue weighted by Crippen LogP contribution is 2.35. The second kappa shape index (κ2) is 2.27. The molecule has 0 saturated heterocycles. The molecule has 0 fully saturated rings. The Bertz CT molecular complexity index is 322. The number of benzene rings is 1. The lowest BCUT2D eigenvalue weighted by Gasteiger charge is -1.94. The summed E-state index contributed by atoms with van der Waals surface area (Å²) in [6, 6.07) is 5.84. The molecule has 0 N–H and O–H groups in total. The zero-order valence-corrected chi connectivity index (χ0v) is 6.81. The van der Waals surface area contributed by atoms with Crippen molar-refractivity contribution in [3.8, 4) is 0 Å². The molecule has 0 aromatic heterocycles. The van der Waals surface area contributed by atoms with E-state index in [9.17, 15) is 4.79 Å². The maximum atomic E-state index is 10.8. The topological polar surface area (TPSA) is 31.2 Å². The van der Waals surface area contributed by atoms with Crippen LogP contribution in [-0.2, 0) is 0 Å². The number of nitrogens with zero attached hydrogens (tertiary/aromatic N) is 1. The Balaban J connectivity index is 2.51. The zero-order valence-electron chi connectivity index (χ0n) is 6.00. The fraction of sp³-hybridized carbons (Fsp3) is 0.125. The van der Waals surface area contributed by atoms with E-state index < -0.39 is 0 Å². The van der Waals surface area contributed by atoms with Crippen LogP contribution in [0, 0.1) is 6.92 Å². The van der Waals surface area contributed by atoms with Crippen LogP contribution in [-0.4, -0.2) is 5.24 Å². The van der Waals surface area contributed by atoms with E-state index >= 15 is 0 Å². The monoisotopic (exact) mass is 164 g/mol. The molecule has 2 rings (SSSR count). The molecule has 0 aliphatic carbocycles. The molecule has 0 bridgehead atoms. The van der Waals surface area contributed by atoms with Gasteiger partial charge < -0.3 is 0 Å². The Morgan fingerprint density at radius 1 is 1.45 bits per heavy atom. The van der Waals surface area contributed by atoms with Crippen LogP contribution in [0.3, 0.4) is 0 Å². The molecule has 0 unspecified atom stereocenters. The molecule has 1 aliphatic rings. The number of carbonyl (C=O) groups excluding carboxylic acids is 1. The van der Waals surface area contributed by atoms with Crippen molar-refractivity contribution in [2.45, 2.75) is 11.8 Å². The average Bonchev–Trinajstić information content (AvgIpc) is 2.27. The minimum atomic E-state index is -0.106. The van der Waals surface area contributed by atoms with Gasteiger partial charge in [-0.1, -0.05) is 6.07 Å². The molecule has 3 heteroatoms. The van der Waals surface area contributed by atoms with E-state index in [4.69, 9.17) is 0 Å². The third-order valence-electron chi connectivity index (χ3n) is 1.52. The molecule has 0 atom stereocenters. The van der Waals surface area contributed by atoms with Gasteiger partial charge in [0.15, 0.2) is 0 Å². The molecular formula is C8H6NOS. The van der Waals surface area contributed by atoms with Crippen molar-refractivity contribution in [3.05, 3.63) is 23.8 Å². The Morgan fingerprint density at radius 2 is 2.27 bits per heavy atom. The van der Waals surface area contributed by atoms with Crippen molar-refractivity contribution >= 4 is 22.7 Å². The standard InChI is InChI=1S/C8H6NOS/c1-5-2-3-7-6(4-5)9-8(10)11-7/h2-4H,1H3. The predicted molar refractivity (Wildman–Crippen MR) is 44.2 cm³/mol. The molecule has 0 spiro atoms. The number of amides is 1. The third-order valence-corrected chi connectivity index (χ3v) is 2.35. The summed E-state index contributed by atoms with van der Waals surface area (Å²) in [6.07, 6.45) is 0. The highest BCUT2D eigenvalue weighted by atomic mass is 32.2. The lowest BCUT2D eigenvalue weighted by atomic mass is 10.2. The fourth-order valence-corrected chi connectivity index (χ4v) is 1.69. The SMILES string of the molecule is Cc1ccc2c(c1)[N]C(=O)S2. The van der Waals surface area contributed by atoms with Gasteiger partial charge in [0, 0.05) is 4.90 Å². The lowest BCUT2D eigenvalue weighted by Crippen LogP contribution is -1.94. The van der Waals surface area contributed by atoms with Gasteiger partial charge in [0.2, 0.25) is 0 Å². The smallest absolute Gasteiger partial charge is 0.259 e. The third kappa shape index (κ3) is 1.12. The van der Waals surface area contributed by atoms with Crippen molar-refractivity contribution in [1.82, 2.24) is 5.32 Å². The van der Waals surface area contributed by atoms with Crippen molar-refractivity contribution < 1.29 is 4.79 Å². The van der Waals surface area contributed by atoms with E-state index in [-0.39, 0.29) is 5.24 Å². The van der Waals surface area contributed by atoms with Crippen LogP contribution in [0.1, 0.15) is 5.56 Å². The van der Waals surface area contributed by atoms with Crippen molar-refractivity contribution in [2.24, 2.45) is 0 Å². The number of fused-ring (bicyclic) bond motifs is 1. The summed E-state index contributed by atoms with van der Waals surface area (Å²) < 4.78 is 0. The van der Waals surface area contributed by atoms with Gasteiger partial charge >= 0.3 is 5.24 Å². The quantitative estimate of drug-likeness (QED) is 0.589. The summed E-state index contributed by atoms with van der Waals surface area (Å²) in [6.45, 7) is 1.99. The summed E-state index contributed by atoms with van der Waals surface area (Å²) in [5.74, 6) is 0. The number of hydrogen-bond donors (Lipinski definition) is 0. The van der Waals surface area contributed by atoms with Gasteiger partial charge in [-0.05, 0) is 36.4 Å². The number of thioether (sulfide) groups is 1. The molecule has 11 heavy (non-hydrogen) atoms. The van der Waals surface area contributed by atoms with Gasteiger partial charge in [0.1, 0.15) is 0 Å². The summed E-state index contributed by atoms with van der Waals surface area (Å²) in [5.41, 5.74) is 1.96. The van der Waals surface area contributed by atoms with E-state index in [2.05, 4.69) is 5.32 Å². The Labute approximate surface area is 69.0 Å². The van der Waals surface area contributed by atoms with Gasteiger partial charge in [-0.15, -0.1) is 0 Å². The van der Waals surface area contributed by atoms with Crippen LogP contribution in [0.5, 0.6) is 0 Å². The summed E-state index contributed by atoms with van der Waals surface area (Å²) in [7, 11) is 0. The minimum Gasteiger partial charge on any atom is -0.259 e. The largest absolute Gasteiger partial charge is 0.310 e. The van der Waals surface area contributed by atoms with E-state index in [1.807, 2.05) is 25.1 Å². The van der Waals surface area contributed by atoms with Crippen molar-refractivity contribution in [1.29, 1.82) is 0 Å². The van der Waals surface area contributed by atoms with Crippen LogP contribution in [0.2, 0.25) is 0 Å². The molecule has 1 aromatic rings. The molecule has 2 nitrogen and oxygen atoms in total. The number of rotatable bonds is 0. The fourth-order valence-electron chi connectivity index (χ4n) is 1.02. The van der Waals surface area contributed by atoms with E-state index in [0.717, 1.165) is 16.1 Å². The average molecular weight is 164 g/mol. The summed E-state index contributed by atoms with van der Waals surface area (Å²) >= 11 is 1.19. The molecule has 1 radical (unpaired) electrons. The minimum absolute atomic E-state index is 0.106. The Hall–Kier alpha value is -0.960. The second-order valence-electron chi connectivity index (χ2n) is 2.45. The molecule has 55 valence electrons. The molecule has 1 aliphatic heterocycles. The maximum absolute atomic E-state index is 10.8. The number of carbonyl (C=O) groups is 1. The summed E-state index contributed by atoms with van der Waals surface area (Å²) in [4.78, 5) is 11.8. The van der Waals surface area contributed by atoms with E-state index in [1.165, 1.54) is 11.8 Å². The first-order chi connectivity index (χ1) is 5.25. The van der Waals surface area contributed by atoms with Gasteiger partial charge in [0.25, 0.3) is 0 Å². The first-order valence-corrected chi connectivity index (χ1v) is 4.11. The first-order valence-electron chi connectivity index (χ1n) is 3.30. The van der Waals surface area contributed by atoms with Crippen LogP contribution in [0.25, 0.3) is 0 Å². The second-order valence-corrected chi connectivity index (χ2v) is 3.44. The van der Waals surface area contributed by atoms with Gasteiger partial charge in [0.05, 0.1) is 5.69 Å². The normalized spacial score (nSPS) is 14.5. The molecule has 1 amide bonds. The number of hydrogen-bond acceptors (Lipinski definition) is 2. The van der Waals surface area contributed by atoms with Gasteiger partial charge in [-0.25, -0.2) is 5.32 Å². The van der Waals surface area contributed by atoms with Crippen LogP contribution in [0.15, 0.2) is 23.1 Å². The van der Waals surface area contributed by atoms with Crippen LogP contribution >= 0.6 is 11.8 Å². The van der Waals surface area contributed by atoms with Crippen molar-refractivity contribution in [3.63, 3.8) is 0 Å². The van der Waals surface area contributed by atoms with Crippen LogP contribution in [0.4, 0.5) is 10.5 Å². The van der Waals surface area contributed by atoms with E-state index in [1.54, 1.807) is 0 Å². The van der Waals surface area contributed by atoms with Crippen molar-refractivity contribution in [2.75, 3.05) is 0 Å². The van der Waals surface area contributed by atoms with Gasteiger partial charge in [-0.2, -0.15) is 0 Å². The Morgan fingerprint density at radius 3 is 3.09 bits per heavy atom. The predicted octanol–water partition coefficient (Wildman–Crippen LogP) is 2.46. The zero-order chi connectivity index (χ0) is 7.84. The highest BCUT2D eigenvalue weighted by Gasteiger charge is 2.19. The number of aryl methyl sites for hydroxylation is 1. The first kappa shape index (κ1) is 6.73. The molecule has 1 aromatic carbocycles. The molecule has 1 heterocycles. The maximum Gasteiger partial charge on any atom is 0.310 e. The molecular weight excluding hydrogens is 158 g/mol. The lowest BCUT2D eigenvalue weighted by molar-refractivity contribution is 0.264. The summed E-state index contributed by atoms with van der Waals surface area (Å²) in [5, 5.41) is 3.73. The van der Waals surface area contributed by atoms with Crippen LogP contribution < -0.4 is 5.32 Å². The highest BCUT2D eigenvalue weighted by molar-refractivity contribution is 8.14. The van der Waals surface area contributed by atoms with Gasteiger partial charge in [-0.3, -0.25) is 4.79 Å².